The van der Waals surface area contributed by atoms with Gasteiger partial charge in [-0.2, -0.15) is 0 Å². The van der Waals surface area contributed by atoms with Crippen molar-refractivity contribution in [1.82, 2.24) is 9.55 Å². The molecule has 0 aliphatic carbocycles. The van der Waals surface area contributed by atoms with Crippen molar-refractivity contribution in [1.29, 1.82) is 0 Å². The number of anilines is 1. The van der Waals surface area contributed by atoms with Gasteiger partial charge in [-0.1, -0.05) is 19.1 Å². The zero-order valence-corrected chi connectivity index (χ0v) is 10.3. The quantitative estimate of drug-likeness (QED) is 0.866. The van der Waals surface area contributed by atoms with Gasteiger partial charge in [-0.15, -0.1) is 0 Å². The van der Waals surface area contributed by atoms with Gasteiger partial charge in [0.25, 0.3) is 0 Å². The number of imidazole rings is 1. The largest absolute Gasteiger partial charge is 0.383 e. The molecule has 90 valence electrons. The number of nitrogens with zero attached hydrogens (tertiary/aromatic N) is 2. The van der Waals surface area contributed by atoms with E-state index in [0.717, 1.165) is 17.8 Å². The second-order valence-electron chi connectivity index (χ2n) is 4.14. The molecule has 2 N–H and O–H groups in total. The Morgan fingerprint density at radius 2 is 2.12 bits per heavy atom. The number of rotatable bonds is 2. The van der Waals surface area contributed by atoms with E-state index >= 15 is 0 Å². The average Bonchev–Trinajstić information content (AvgIpc) is 2.60. The monoisotopic (exact) mass is 233 g/mol. The van der Waals surface area contributed by atoms with Gasteiger partial charge in [0, 0.05) is 19.0 Å². The van der Waals surface area contributed by atoms with Crippen LogP contribution in [0.5, 0.6) is 0 Å². The average molecular weight is 233 g/mol. The second kappa shape index (κ2) is 4.20. The van der Waals surface area contributed by atoms with Crippen LogP contribution >= 0.6 is 0 Å². The Labute approximate surface area is 100 Å². The topological polar surface area (TPSA) is 43.8 Å². The van der Waals surface area contributed by atoms with Crippen LogP contribution in [0.4, 0.5) is 10.2 Å². The smallest absolute Gasteiger partial charge is 0.131 e. The molecule has 0 unspecified atom stereocenters. The fourth-order valence-corrected chi connectivity index (χ4v) is 1.83. The van der Waals surface area contributed by atoms with E-state index in [4.69, 9.17) is 5.73 Å². The number of nitrogen functional groups attached to an aromatic ring is 1. The van der Waals surface area contributed by atoms with E-state index in [2.05, 4.69) is 4.98 Å². The molecular weight excluding hydrogens is 217 g/mol. The Kier molecular flexibility index (Phi) is 2.88. The number of benzene rings is 1. The third-order valence-electron chi connectivity index (χ3n) is 2.99. The predicted molar refractivity (Wildman–Crippen MR) is 67.1 cm³/mol. The predicted octanol–water partition coefficient (Wildman–Crippen LogP) is 2.68. The summed E-state index contributed by atoms with van der Waals surface area (Å²) in [7, 11) is 1.87. The van der Waals surface area contributed by atoms with Crippen molar-refractivity contribution in [2.45, 2.75) is 20.3 Å². The fraction of sp³-hybridized carbons (Fsp3) is 0.308. The number of aromatic nitrogens is 2. The summed E-state index contributed by atoms with van der Waals surface area (Å²) < 4.78 is 15.4. The van der Waals surface area contributed by atoms with Gasteiger partial charge < -0.3 is 10.3 Å². The molecule has 0 saturated carbocycles. The Morgan fingerprint density at radius 3 is 2.65 bits per heavy atom. The molecule has 1 heterocycles. The van der Waals surface area contributed by atoms with E-state index < -0.39 is 0 Å². The van der Waals surface area contributed by atoms with Crippen LogP contribution in [0.2, 0.25) is 0 Å². The lowest BCUT2D eigenvalue weighted by atomic mass is 10.1. The molecule has 0 saturated heterocycles. The van der Waals surface area contributed by atoms with Gasteiger partial charge in [0.1, 0.15) is 23.2 Å². The van der Waals surface area contributed by atoms with Crippen LogP contribution in [0.1, 0.15) is 18.3 Å². The van der Waals surface area contributed by atoms with Crippen molar-refractivity contribution in [3.05, 3.63) is 35.4 Å². The van der Waals surface area contributed by atoms with E-state index in [-0.39, 0.29) is 5.82 Å². The third kappa shape index (κ3) is 1.90. The zero-order valence-electron chi connectivity index (χ0n) is 10.3. The number of aryl methyl sites for hydroxylation is 2. The highest BCUT2D eigenvalue weighted by Gasteiger charge is 2.13. The maximum Gasteiger partial charge on any atom is 0.131 e. The van der Waals surface area contributed by atoms with Crippen LogP contribution in [-0.2, 0) is 13.5 Å². The number of halogens is 1. The van der Waals surface area contributed by atoms with Crippen molar-refractivity contribution >= 4 is 5.82 Å². The Morgan fingerprint density at radius 1 is 1.41 bits per heavy atom. The molecule has 0 atom stereocenters. The van der Waals surface area contributed by atoms with Gasteiger partial charge in [-0.3, -0.25) is 0 Å². The van der Waals surface area contributed by atoms with Crippen LogP contribution in [0, 0.1) is 12.7 Å². The zero-order chi connectivity index (χ0) is 12.6. The molecule has 17 heavy (non-hydrogen) atoms. The molecule has 1 aromatic carbocycles. The molecular formula is C13H16FN3. The SMILES string of the molecule is CCc1nc(-c2ccc(C)c(F)c2)c(N)n1C. The highest BCUT2D eigenvalue weighted by atomic mass is 19.1. The number of hydrogen-bond acceptors (Lipinski definition) is 2. The van der Waals surface area contributed by atoms with Crippen molar-refractivity contribution in [2.24, 2.45) is 7.05 Å². The summed E-state index contributed by atoms with van der Waals surface area (Å²) in [4.78, 5) is 4.44. The van der Waals surface area contributed by atoms with Crippen LogP contribution in [-0.4, -0.2) is 9.55 Å². The van der Waals surface area contributed by atoms with E-state index in [1.807, 2.05) is 24.6 Å². The molecule has 0 fully saturated rings. The first-order chi connectivity index (χ1) is 8.04. The summed E-state index contributed by atoms with van der Waals surface area (Å²) in [5, 5.41) is 0. The van der Waals surface area contributed by atoms with Gasteiger partial charge in [-0.25, -0.2) is 9.37 Å². The van der Waals surface area contributed by atoms with Crippen molar-refractivity contribution in [3.63, 3.8) is 0 Å². The molecule has 0 bridgehead atoms. The lowest BCUT2D eigenvalue weighted by molar-refractivity contribution is 0.619. The lowest BCUT2D eigenvalue weighted by Crippen LogP contribution is -2.00. The minimum atomic E-state index is -0.231. The molecule has 0 aliphatic rings. The Balaban J connectivity index is 2.56. The van der Waals surface area contributed by atoms with E-state index in [1.165, 1.54) is 6.07 Å². The first kappa shape index (κ1) is 11.6. The molecule has 0 spiro atoms. The minimum Gasteiger partial charge on any atom is -0.383 e. The molecule has 2 rings (SSSR count). The van der Waals surface area contributed by atoms with Crippen LogP contribution < -0.4 is 5.73 Å². The van der Waals surface area contributed by atoms with Crippen LogP contribution in [0.25, 0.3) is 11.3 Å². The standard InChI is InChI=1S/C13H16FN3/c1-4-11-16-12(13(15)17(11)3)9-6-5-8(2)10(14)7-9/h5-7H,4,15H2,1-3H3. The molecule has 2 aromatic rings. The summed E-state index contributed by atoms with van der Waals surface area (Å²) in [6, 6.07) is 5.06. The lowest BCUT2D eigenvalue weighted by Gasteiger charge is -2.02. The van der Waals surface area contributed by atoms with Gasteiger partial charge >= 0.3 is 0 Å². The highest BCUT2D eigenvalue weighted by molar-refractivity contribution is 5.71. The van der Waals surface area contributed by atoms with Crippen molar-refractivity contribution in [3.8, 4) is 11.3 Å². The maximum absolute atomic E-state index is 13.5. The Hall–Kier alpha value is -1.84. The van der Waals surface area contributed by atoms with Crippen LogP contribution in [0.3, 0.4) is 0 Å². The molecule has 1 aromatic heterocycles. The summed E-state index contributed by atoms with van der Waals surface area (Å²) in [5.41, 5.74) is 7.98. The Bertz CT molecular complexity index is 558. The van der Waals surface area contributed by atoms with Crippen LogP contribution in [0.15, 0.2) is 18.2 Å². The fourth-order valence-electron chi connectivity index (χ4n) is 1.83. The summed E-state index contributed by atoms with van der Waals surface area (Å²) in [6.07, 6.45) is 0.801. The molecule has 0 aliphatic heterocycles. The minimum absolute atomic E-state index is 0.231. The van der Waals surface area contributed by atoms with Gasteiger partial charge in [-0.05, 0) is 18.6 Å². The van der Waals surface area contributed by atoms with Crippen molar-refractivity contribution < 1.29 is 4.39 Å². The molecule has 0 amide bonds. The molecule has 4 heteroatoms. The maximum atomic E-state index is 13.5. The first-order valence-corrected chi connectivity index (χ1v) is 5.62. The number of hydrogen-bond donors (Lipinski definition) is 1. The first-order valence-electron chi connectivity index (χ1n) is 5.62. The normalized spacial score (nSPS) is 10.8. The van der Waals surface area contributed by atoms with Gasteiger partial charge in [0.2, 0.25) is 0 Å². The highest BCUT2D eigenvalue weighted by Crippen LogP contribution is 2.27. The van der Waals surface area contributed by atoms with E-state index in [9.17, 15) is 4.39 Å². The summed E-state index contributed by atoms with van der Waals surface area (Å²) in [5.74, 6) is 1.24. The second-order valence-corrected chi connectivity index (χ2v) is 4.14. The molecule has 0 radical (unpaired) electrons. The van der Waals surface area contributed by atoms with E-state index in [1.54, 1.807) is 13.0 Å². The molecule has 3 nitrogen and oxygen atoms in total. The van der Waals surface area contributed by atoms with E-state index in [0.29, 0.717) is 17.1 Å². The van der Waals surface area contributed by atoms with Gasteiger partial charge in [0.15, 0.2) is 0 Å². The third-order valence-corrected chi connectivity index (χ3v) is 2.99. The summed E-state index contributed by atoms with van der Waals surface area (Å²) >= 11 is 0. The van der Waals surface area contributed by atoms with Gasteiger partial charge in [0.05, 0.1) is 0 Å². The summed E-state index contributed by atoms with van der Waals surface area (Å²) in [6.45, 7) is 3.75. The number of nitrogens with two attached hydrogens (primary N) is 1. The van der Waals surface area contributed by atoms with Crippen molar-refractivity contribution in [2.75, 3.05) is 5.73 Å².